The number of hydrogen-bond acceptors (Lipinski definition) is 5. The van der Waals surface area contributed by atoms with Gasteiger partial charge < -0.3 is 14.9 Å². The van der Waals surface area contributed by atoms with Crippen molar-refractivity contribution in [2.24, 2.45) is 5.73 Å². The number of halogens is 1. The van der Waals surface area contributed by atoms with E-state index in [0.29, 0.717) is 6.54 Å². The summed E-state index contributed by atoms with van der Waals surface area (Å²) < 4.78 is 9.76. The van der Waals surface area contributed by atoms with Gasteiger partial charge in [0.1, 0.15) is 5.76 Å². The lowest BCUT2D eigenvalue weighted by atomic mass is 10.4. The normalized spacial score (nSPS) is 9.47. The van der Waals surface area contributed by atoms with Gasteiger partial charge in [-0.1, -0.05) is 0 Å². The van der Waals surface area contributed by atoms with Gasteiger partial charge in [0.05, 0.1) is 12.9 Å². The highest BCUT2D eigenvalue weighted by Crippen LogP contribution is 2.15. The Morgan fingerprint density at radius 2 is 2.33 bits per heavy atom. The quantitative estimate of drug-likeness (QED) is 0.637. The van der Waals surface area contributed by atoms with Crippen LogP contribution in [0.2, 0.25) is 0 Å². The molecular weight excluding hydrogens is 238 g/mol. The van der Waals surface area contributed by atoms with Gasteiger partial charge in [0, 0.05) is 12.3 Å². The van der Waals surface area contributed by atoms with Crippen LogP contribution in [0.1, 0.15) is 16.3 Å². The first kappa shape index (κ1) is 14.3. The molecule has 2 N–H and O–H groups in total. The third-order valence-electron chi connectivity index (χ3n) is 1.55. The van der Waals surface area contributed by atoms with E-state index in [1.165, 1.54) is 7.11 Å². The summed E-state index contributed by atoms with van der Waals surface area (Å²) in [5, 5.41) is 0. The summed E-state index contributed by atoms with van der Waals surface area (Å²) in [5.74, 6) is 2.18. The highest BCUT2D eigenvalue weighted by molar-refractivity contribution is 7.98. The van der Waals surface area contributed by atoms with Crippen molar-refractivity contribution < 1.29 is 13.9 Å². The maximum absolute atomic E-state index is 11.0. The molecular formula is C9H14ClNO3S. The summed E-state index contributed by atoms with van der Waals surface area (Å²) in [7, 11) is 1.33. The van der Waals surface area contributed by atoms with Gasteiger partial charge in [0.15, 0.2) is 0 Å². The number of hydrogen-bond donors (Lipinski definition) is 1. The van der Waals surface area contributed by atoms with Crippen LogP contribution in [-0.4, -0.2) is 25.4 Å². The molecule has 0 atom stereocenters. The van der Waals surface area contributed by atoms with Crippen molar-refractivity contribution in [3.05, 3.63) is 23.7 Å². The lowest BCUT2D eigenvalue weighted by Crippen LogP contribution is -2.01. The molecule has 0 bridgehead atoms. The maximum atomic E-state index is 11.0. The Bertz CT molecular complexity index is 303. The fourth-order valence-electron chi connectivity index (χ4n) is 0.922. The van der Waals surface area contributed by atoms with E-state index >= 15 is 0 Å². The predicted molar refractivity (Wildman–Crippen MR) is 62.5 cm³/mol. The molecule has 1 aromatic heterocycles. The van der Waals surface area contributed by atoms with E-state index < -0.39 is 5.97 Å². The van der Waals surface area contributed by atoms with Crippen LogP contribution in [-0.2, 0) is 10.5 Å². The highest BCUT2D eigenvalue weighted by atomic mass is 35.5. The number of ether oxygens (including phenoxy) is 1. The standard InChI is InChI=1S/C9H13NO3S.ClH/c1-12-9(11)8-3-2-7(13-8)6-14-5-4-10;/h2-3H,4-6,10H2,1H3;1H. The average Bonchev–Trinajstić information content (AvgIpc) is 2.66. The molecule has 1 rings (SSSR count). The molecule has 0 fully saturated rings. The van der Waals surface area contributed by atoms with E-state index in [9.17, 15) is 4.79 Å². The maximum Gasteiger partial charge on any atom is 0.373 e. The summed E-state index contributed by atoms with van der Waals surface area (Å²) in [6.45, 7) is 0.648. The van der Waals surface area contributed by atoms with Crippen molar-refractivity contribution >= 4 is 30.1 Å². The first-order valence-electron chi connectivity index (χ1n) is 4.22. The summed E-state index contributed by atoms with van der Waals surface area (Å²) in [6, 6.07) is 3.39. The van der Waals surface area contributed by atoms with Crippen LogP contribution in [0.3, 0.4) is 0 Å². The summed E-state index contributed by atoms with van der Waals surface area (Å²) in [6.07, 6.45) is 0. The van der Waals surface area contributed by atoms with Crippen LogP contribution < -0.4 is 5.73 Å². The first-order chi connectivity index (χ1) is 6.77. The van der Waals surface area contributed by atoms with E-state index in [2.05, 4.69) is 4.74 Å². The van der Waals surface area contributed by atoms with E-state index in [1.807, 2.05) is 0 Å². The second kappa shape index (κ2) is 7.62. The summed E-state index contributed by atoms with van der Waals surface area (Å²) in [4.78, 5) is 11.0. The molecule has 0 aliphatic rings. The third-order valence-corrected chi connectivity index (χ3v) is 2.57. The third kappa shape index (κ3) is 4.59. The number of thioether (sulfide) groups is 1. The minimum atomic E-state index is -0.444. The average molecular weight is 252 g/mol. The van der Waals surface area contributed by atoms with Crippen LogP contribution in [0.15, 0.2) is 16.5 Å². The number of methoxy groups -OCH3 is 1. The summed E-state index contributed by atoms with van der Waals surface area (Å²) in [5.41, 5.74) is 5.34. The fraction of sp³-hybridized carbons (Fsp3) is 0.444. The van der Waals surface area contributed by atoms with Crippen molar-refractivity contribution in [1.82, 2.24) is 0 Å². The van der Waals surface area contributed by atoms with Crippen molar-refractivity contribution in [1.29, 1.82) is 0 Å². The Morgan fingerprint density at radius 1 is 1.60 bits per heavy atom. The van der Waals surface area contributed by atoms with Gasteiger partial charge in [-0.2, -0.15) is 11.8 Å². The minimum absolute atomic E-state index is 0. The van der Waals surface area contributed by atoms with Gasteiger partial charge in [-0.15, -0.1) is 12.4 Å². The topological polar surface area (TPSA) is 65.5 Å². The van der Waals surface area contributed by atoms with E-state index in [0.717, 1.165) is 17.3 Å². The van der Waals surface area contributed by atoms with Crippen molar-refractivity contribution in [2.45, 2.75) is 5.75 Å². The molecule has 0 saturated carbocycles. The van der Waals surface area contributed by atoms with Crippen LogP contribution in [0.5, 0.6) is 0 Å². The monoisotopic (exact) mass is 251 g/mol. The number of nitrogens with two attached hydrogens (primary N) is 1. The Morgan fingerprint density at radius 3 is 2.93 bits per heavy atom. The van der Waals surface area contributed by atoms with Gasteiger partial charge in [-0.3, -0.25) is 0 Å². The minimum Gasteiger partial charge on any atom is -0.463 e. The zero-order chi connectivity index (χ0) is 10.4. The Balaban J connectivity index is 0.00000196. The van der Waals surface area contributed by atoms with Gasteiger partial charge in [0.2, 0.25) is 5.76 Å². The number of carbonyl (C=O) groups excluding carboxylic acids is 1. The molecule has 0 radical (unpaired) electrons. The van der Waals surface area contributed by atoms with Crippen LogP contribution in [0, 0.1) is 0 Å². The smallest absolute Gasteiger partial charge is 0.373 e. The Labute approximate surface area is 98.9 Å². The molecule has 0 spiro atoms. The lowest BCUT2D eigenvalue weighted by Gasteiger charge is -1.96. The molecule has 0 aromatic carbocycles. The van der Waals surface area contributed by atoms with E-state index in [-0.39, 0.29) is 18.2 Å². The number of esters is 1. The van der Waals surface area contributed by atoms with Crippen molar-refractivity contribution in [3.8, 4) is 0 Å². The molecule has 0 saturated heterocycles. The first-order valence-corrected chi connectivity index (χ1v) is 5.38. The number of furan rings is 1. The molecule has 6 heteroatoms. The second-order valence-electron chi connectivity index (χ2n) is 2.60. The molecule has 0 aliphatic carbocycles. The molecule has 1 heterocycles. The second-order valence-corrected chi connectivity index (χ2v) is 3.70. The van der Waals surface area contributed by atoms with Crippen LogP contribution >= 0.6 is 24.2 Å². The molecule has 86 valence electrons. The number of rotatable bonds is 5. The van der Waals surface area contributed by atoms with Crippen molar-refractivity contribution in [2.75, 3.05) is 19.4 Å². The SMILES string of the molecule is COC(=O)c1ccc(CSCCN)o1.Cl. The highest BCUT2D eigenvalue weighted by Gasteiger charge is 2.10. The fourth-order valence-corrected chi connectivity index (χ4v) is 1.59. The largest absolute Gasteiger partial charge is 0.463 e. The van der Waals surface area contributed by atoms with Gasteiger partial charge in [0.25, 0.3) is 0 Å². The predicted octanol–water partition coefficient (Wildman–Crippen LogP) is 1.68. The Kier molecular flexibility index (Phi) is 7.29. The Hall–Kier alpha value is -0.650. The van der Waals surface area contributed by atoms with Gasteiger partial charge in [-0.25, -0.2) is 4.79 Å². The number of carbonyl (C=O) groups is 1. The van der Waals surface area contributed by atoms with E-state index in [4.69, 9.17) is 10.2 Å². The van der Waals surface area contributed by atoms with Crippen molar-refractivity contribution in [3.63, 3.8) is 0 Å². The van der Waals surface area contributed by atoms with Crippen LogP contribution in [0.4, 0.5) is 0 Å². The molecule has 0 amide bonds. The lowest BCUT2D eigenvalue weighted by molar-refractivity contribution is 0.0563. The zero-order valence-corrected chi connectivity index (χ0v) is 10.0. The van der Waals surface area contributed by atoms with Gasteiger partial charge in [-0.05, 0) is 12.1 Å². The van der Waals surface area contributed by atoms with Gasteiger partial charge >= 0.3 is 5.97 Å². The molecule has 4 nitrogen and oxygen atoms in total. The molecule has 1 aromatic rings. The molecule has 0 unspecified atom stereocenters. The zero-order valence-electron chi connectivity index (χ0n) is 8.39. The molecule has 15 heavy (non-hydrogen) atoms. The summed E-state index contributed by atoms with van der Waals surface area (Å²) >= 11 is 1.67. The van der Waals surface area contributed by atoms with Crippen LogP contribution in [0.25, 0.3) is 0 Å². The van der Waals surface area contributed by atoms with E-state index in [1.54, 1.807) is 23.9 Å². The molecule has 0 aliphatic heterocycles.